The van der Waals surface area contributed by atoms with Crippen molar-refractivity contribution in [2.75, 3.05) is 0 Å². The van der Waals surface area contributed by atoms with Crippen molar-refractivity contribution in [1.82, 2.24) is 4.98 Å². The Balaban J connectivity index is 0.00000192. The van der Waals surface area contributed by atoms with Crippen LogP contribution in [0.15, 0.2) is 71.9 Å². The van der Waals surface area contributed by atoms with Crippen LogP contribution in [-0.2, 0) is 12.8 Å². The molecule has 0 radical (unpaired) electrons. The average Bonchev–Trinajstić information content (AvgIpc) is 2.98. The fraction of sp³-hybridized carbons (Fsp3) is 0.200. The van der Waals surface area contributed by atoms with E-state index in [0.29, 0.717) is 0 Å². The Morgan fingerprint density at radius 1 is 0.926 bits per heavy atom. The summed E-state index contributed by atoms with van der Waals surface area (Å²) < 4.78 is 0. The predicted octanol–water partition coefficient (Wildman–Crippen LogP) is 6.25. The molecule has 1 aromatic carbocycles. The molecule has 134 valence electrons. The van der Waals surface area contributed by atoms with Crippen molar-refractivity contribution in [3.63, 3.8) is 0 Å². The predicted molar refractivity (Wildman–Crippen MR) is 116 cm³/mol. The first-order chi connectivity index (χ1) is 13.4. The number of aromatic nitrogens is 1. The van der Waals surface area contributed by atoms with Crippen molar-refractivity contribution in [2.45, 2.75) is 32.1 Å². The van der Waals surface area contributed by atoms with Crippen LogP contribution in [0.1, 0.15) is 48.6 Å². The molecule has 0 saturated carbocycles. The van der Waals surface area contributed by atoms with Gasteiger partial charge < -0.3 is 0 Å². The number of hydrogen-bond donors (Lipinski definition) is 0. The van der Waals surface area contributed by atoms with E-state index in [1.165, 1.54) is 39.1 Å². The van der Waals surface area contributed by atoms with E-state index in [1.807, 2.05) is 18.5 Å². The molecule has 2 nitrogen and oxygen atoms in total. The molecule has 2 aliphatic carbocycles. The fourth-order valence-corrected chi connectivity index (χ4v) is 4.07. The zero-order chi connectivity index (χ0) is 18.1. The minimum Gasteiger partial charge on any atom is -0.260 e. The van der Waals surface area contributed by atoms with Crippen molar-refractivity contribution in [1.29, 1.82) is 0 Å². The summed E-state index contributed by atoms with van der Waals surface area (Å²) >= 11 is 0. The molecule has 5 rings (SSSR count). The maximum atomic E-state index is 4.82. The maximum absolute atomic E-state index is 4.82. The largest absolute Gasteiger partial charge is 0.260 e. The van der Waals surface area contributed by atoms with Gasteiger partial charge in [-0.15, -0.1) is 0 Å². The molecule has 1 aromatic heterocycles. The van der Waals surface area contributed by atoms with Gasteiger partial charge in [0.25, 0.3) is 0 Å². The standard InChI is InChI=1S/C25H22N2.H2/c1-2-7-18(8-3-1)21-16-23-22(10-6-11-25(23)27-17-21)19-12-13-24-20(15-19)9-4-5-14-26-24;/h2,4-5,7-8,10,12-17H,1,3,6,9,11H2;1H. The second-order valence-electron chi connectivity index (χ2n) is 7.27. The summed E-state index contributed by atoms with van der Waals surface area (Å²) in [7, 11) is 0. The van der Waals surface area contributed by atoms with Crippen LogP contribution >= 0.6 is 0 Å². The molecule has 2 heteroatoms. The highest BCUT2D eigenvalue weighted by Crippen LogP contribution is 2.35. The summed E-state index contributed by atoms with van der Waals surface area (Å²) in [5.41, 5.74) is 9.95. The van der Waals surface area contributed by atoms with Gasteiger partial charge in [0.15, 0.2) is 0 Å². The number of allylic oxidation sites excluding steroid dienone is 7. The lowest BCUT2D eigenvalue weighted by atomic mass is 9.87. The van der Waals surface area contributed by atoms with Gasteiger partial charge in [-0.3, -0.25) is 9.98 Å². The van der Waals surface area contributed by atoms with Gasteiger partial charge in [-0.2, -0.15) is 0 Å². The number of rotatable bonds is 2. The highest BCUT2D eigenvalue weighted by atomic mass is 14.7. The van der Waals surface area contributed by atoms with Crippen LogP contribution < -0.4 is 0 Å². The summed E-state index contributed by atoms with van der Waals surface area (Å²) in [6, 6.07) is 8.98. The van der Waals surface area contributed by atoms with Crippen LogP contribution in [-0.4, -0.2) is 11.2 Å². The normalized spacial score (nSPS) is 17.6. The molecule has 0 amide bonds. The molecule has 2 heterocycles. The number of aryl methyl sites for hydroxylation is 1. The minimum absolute atomic E-state index is 0. The van der Waals surface area contributed by atoms with Crippen molar-refractivity contribution in [3.8, 4) is 0 Å². The second-order valence-corrected chi connectivity index (χ2v) is 7.27. The van der Waals surface area contributed by atoms with Crippen LogP contribution in [0, 0.1) is 0 Å². The Morgan fingerprint density at radius 2 is 1.93 bits per heavy atom. The Bertz CT molecular complexity index is 1050. The summed E-state index contributed by atoms with van der Waals surface area (Å²) in [4.78, 5) is 9.36. The first-order valence-electron chi connectivity index (χ1n) is 9.77. The van der Waals surface area contributed by atoms with E-state index in [4.69, 9.17) is 4.98 Å². The second kappa shape index (κ2) is 6.96. The SMILES string of the molecule is C1=CCc2cc(C3=CCCc4ncc(C5=CCCC=C5)cc43)ccc2N=C1.[HH]. The lowest BCUT2D eigenvalue weighted by Gasteiger charge is -2.20. The van der Waals surface area contributed by atoms with E-state index in [0.717, 1.165) is 37.8 Å². The van der Waals surface area contributed by atoms with Crippen LogP contribution in [0.5, 0.6) is 0 Å². The highest BCUT2D eigenvalue weighted by Gasteiger charge is 2.18. The minimum atomic E-state index is 0. The highest BCUT2D eigenvalue weighted by molar-refractivity contribution is 5.86. The van der Waals surface area contributed by atoms with Gasteiger partial charge in [-0.1, -0.05) is 36.4 Å². The molecule has 0 fully saturated rings. The molecule has 1 aliphatic heterocycles. The maximum Gasteiger partial charge on any atom is 0.0665 e. The first-order valence-corrected chi connectivity index (χ1v) is 9.77. The third-order valence-electron chi connectivity index (χ3n) is 5.48. The van der Waals surface area contributed by atoms with Gasteiger partial charge in [0.05, 0.1) is 5.69 Å². The van der Waals surface area contributed by atoms with Crippen molar-refractivity contribution < 1.29 is 1.43 Å². The molecule has 0 spiro atoms. The molecule has 0 saturated heterocycles. The Labute approximate surface area is 161 Å². The number of fused-ring (bicyclic) bond motifs is 2. The van der Waals surface area contributed by atoms with Gasteiger partial charge in [0.2, 0.25) is 0 Å². The Hall–Kier alpha value is -3.00. The van der Waals surface area contributed by atoms with E-state index in [-0.39, 0.29) is 1.43 Å². The van der Waals surface area contributed by atoms with Crippen molar-refractivity contribution in [3.05, 3.63) is 94.9 Å². The lowest BCUT2D eigenvalue weighted by Crippen LogP contribution is -2.05. The fourth-order valence-electron chi connectivity index (χ4n) is 4.07. The topological polar surface area (TPSA) is 25.2 Å². The number of pyridine rings is 1. The van der Waals surface area contributed by atoms with E-state index in [1.54, 1.807) is 0 Å². The van der Waals surface area contributed by atoms with Gasteiger partial charge in [0, 0.05) is 30.7 Å². The third-order valence-corrected chi connectivity index (χ3v) is 5.48. The van der Waals surface area contributed by atoms with Crippen LogP contribution in [0.25, 0.3) is 11.1 Å². The Kier molecular flexibility index (Phi) is 4.17. The molecular formula is C25H24N2. The summed E-state index contributed by atoms with van der Waals surface area (Å²) in [6.45, 7) is 0. The van der Waals surface area contributed by atoms with E-state index in [2.05, 4.69) is 59.6 Å². The molecular weight excluding hydrogens is 328 g/mol. The third kappa shape index (κ3) is 3.12. The van der Waals surface area contributed by atoms with E-state index >= 15 is 0 Å². The molecule has 0 N–H and O–H groups in total. The van der Waals surface area contributed by atoms with Crippen molar-refractivity contribution in [2.24, 2.45) is 4.99 Å². The molecule has 27 heavy (non-hydrogen) atoms. The molecule has 0 atom stereocenters. The van der Waals surface area contributed by atoms with Crippen LogP contribution in [0.2, 0.25) is 0 Å². The number of hydrogen-bond acceptors (Lipinski definition) is 2. The lowest BCUT2D eigenvalue weighted by molar-refractivity contribution is 0.918. The molecule has 2 aromatic rings. The zero-order valence-electron chi connectivity index (χ0n) is 15.4. The van der Waals surface area contributed by atoms with Gasteiger partial charge in [-0.25, -0.2) is 0 Å². The quantitative estimate of drug-likeness (QED) is 0.627. The van der Waals surface area contributed by atoms with Crippen LogP contribution in [0.3, 0.4) is 0 Å². The van der Waals surface area contributed by atoms with Gasteiger partial charge in [-0.05, 0) is 78.7 Å². The monoisotopic (exact) mass is 352 g/mol. The first kappa shape index (κ1) is 16.2. The molecule has 0 unspecified atom stereocenters. The molecule has 0 bridgehead atoms. The number of benzene rings is 1. The summed E-state index contributed by atoms with van der Waals surface area (Å²) in [6.07, 6.45) is 22.5. The number of aliphatic imine (C=N–C) groups is 1. The van der Waals surface area contributed by atoms with Crippen LogP contribution in [0.4, 0.5) is 5.69 Å². The smallest absolute Gasteiger partial charge is 0.0665 e. The summed E-state index contributed by atoms with van der Waals surface area (Å²) in [5, 5.41) is 0. The van der Waals surface area contributed by atoms with Gasteiger partial charge >= 0.3 is 0 Å². The van der Waals surface area contributed by atoms with E-state index in [9.17, 15) is 0 Å². The number of nitrogens with zero attached hydrogens (tertiary/aromatic N) is 2. The van der Waals surface area contributed by atoms with Gasteiger partial charge in [0.1, 0.15) is 0 Å². The zero-order valence-corrected chi connectivity index (χ0v) is 15.4. The van der Waals surface area contributed by atoms with E-state index < -0.39 is 0 Å². The molecule has 3 aliphatic rings. The Morgan fingerprint density at radius 3 is 2.85 bits per heavy atom. The van der Waals surface area contributed by atoms with Crippen molar-refractivity contribution >= 4 is 23.0 Å². The summed E-state index contributed by atoms with van der Waals surface area (Å²) in [5.74, 6) is 0. The average molecular weight is 352 g/mol.